The number of rotatable bonds is 4. The Kier molecular flexibility index (Phi) is 4.88. The number of benzene rings is 2. The van der Waals surface area contributed by atoms with E-state index in [-0.39, 0.29) is 6.42 Å². The van der Waals surface area contributed by atoms with Gasteiger partial charge >= 0.3 is 0 Å². The highest BCUT2D eigenvalue weighted by atomic mass is 16.5. The van der Waals surface area contributed by atoms with Crippen molar-refractivity contribution < 1.29 is 19.1 Å². The lowest BCUT2D eigenvalue weighted by atomic mass is 10.1. The van der Waals surface area contributed by atoms with Gasteiger partial charge in [-0.3, -0.25) is 14.4 Å². The number of fused-ring (bicyclic) bond motifs is 1. The van der Waals surface area contributed by atoms with E-state index in [1.165, 1.54) is 7.11 Å². The van der Waals surface area contributed by atoms with E-state index in [9.17, 15) is 14.4 Å². The number of hydrogen-bond donors (Lipinski definition) is 3. The van der Waals surface area contributed by atoms with Gasteiger partial charge in [0.1, 0.15) is 11.8 Å². The van der Waals surface area contributed by atoms with Gasteiger partial charge in [0.05, 0.1) is 30.5 Å². The molecule has 0 aromatic heterocycles. The topological polar surface area (TPSA) is 96.5 Å². The number of ether oxygens (including phenoxy) is 1. The number of carbonyl (C=O) groups excluding carboxylic acids is 3. The van der Waals surface area contributed by atoms with Crippen LogP contribution in [0.15, 0.2) is 42.5 Å². The van der Waals surface area contributed by atoms with Crippen LogP contribution in [-0.4, -0.2) is 30.9 Å². The maximum absolute atomic E-state index is 12.4. The molecule has 134 valence electrons. The fourth-order valence-electron chi connectivity index (χ4n) is 2.76. The van der Waals surface area contributed by atoms with Crippen LogP contribution in [0.1, 0.15) is 22.3 Å². The van der Waals surface area contributed by atoms with Crippen molar-refractivity contribution in [2.75, 3.05) is 17.7 Å². The molecule has 26 heavy (non-hydrogen) atoms. The molecule has 1 heterocycles. The van der Waals surface area contributed by atoms with Crippen molar-refractivity contribution in [2.24, 2.45) is 0 Å². The molecule has 1 atom stereocenters. The van der Waals surface area contributed by atoms with E-state index in [0.717, 1.165) is 5.56 Å². The summed E-state index contributed by atoms with van der Waals surface area (Å²) in [6, 6.07) is 11.1. The van der Waals surface area contributed by atoms with Gasteiger partial charge in [0.15, 0.2) is 0 Å². The van der Waals surface area contributed by atoms with E-state index >= 15 is 0 Å². The summed E-state index contributed by atoms with van der Waals surface area (Å²) in [5.74, 6) is -0.717. The highest BCUT2D eigenvalue weighted by molar-refractivity contribution is 6.11. The smallest absolute Gasteiger partial charge is 0.254 e. The van der Waals surface area contributed by atoms with Gasteiger partial charge in [0.25, 0.3) is 5.91 Å². The van der Waals surface area contributed by atoms with Crippen LogP contribution in [0.2, 0.25) is 0 Å². The van der Waals surface area contributed by atoms with Crippen LogP contribution < -0.4 is 20.7 Å². The number of anilines is 2. The second-order valence-electron chi connectivity index (χ2n) is 6.02. The van der Waals surface area contributed by atoms with E-state index < -0.39 is 23.8 Å². The Labute approximate surface area is 150 Å². The molecule has 0 radical (unpaired) electrons. The minimum atomic E-state index is -0.967. The van der Waals surface area contributed by atoms with Crippen molar-refractivity contribution in [3.8, 4) is 5.75 Å². The van der Waals surface area contributed by atoms with Crippen molar-refractivity contribution in [1.82, 2.24) is 5.32 Å². The second kappa shape index (κ2) is 7.26. The maximum atomic E-state index is 12.4. The summed E-state index contributed by atoms with van der Waals surface area (Å²) in [5.41, 5.74) is 2.26. The number of nitrogens with one attached hydrogen (secondary N) is 3. The Morgan fingerprint density at radius 1 is 1.19 bits per heavy atom. The zero-order chi connectivity index (χ0) is 18.7. The van der Waals surface area contributed by atoms with E-state index in [0.29, 0.717) is 22.7 Å². The van der Waals surface area contributed by atoms with Crippen LogP contribution in [-0.2, 0) is 9.59 Å². The molecule has 0 saturated heterocycles. The third-order valence-corrected chi connectivity index (χ3v) is 4.07. The molecule has 3 amide bonds. The van der Waals surface area contributed by atoms with Crippen LogP contribution in [0.25, 0.3) is 0 Å². The van der Waals surface area contributed by atoms with Crippen molar-refractivity contribution in [1.29, 1.82) is 0 Å². The minimum Gasteiger partial charge on any atom is -0.495 e. The Morgan fingerprint density at radius 3 is 2.73 bits per heavy atom. The average molecular weight is 353 g/mol. The maximum Gasteiger partial charge on any atom is 0.254 e. The summed E-state index contributed by atoms with van der Waals surface area (Å²) < 4.78 is 5.23. The molecular formula is C19H19N3O4. The fraction of sp³-hybridized carbons (Fsp3) is 0.211. The lowest BCUT2D eigenvalue weighted by molar-refractivity contribution is -0.122. The summed E-state index contributed by atoms with van der Waals surface area (Å²) in [6.45, 7) is 1.89. The zero-order valence-corrected chi connectivity index (χ0v) is 14.5. The monoisotopic (exact) mass is 353 g/mol. The predicted molar refractivity (Wildman–Crippen MR) is 97.3 cm³/mol. The zero-order valence-electron chi connectivity index (χ0n) is 14.5. The van der Waals surface area contributed by atoms with Gasteiger partial charge in [-0.1, -0.05) is 18.2 Å². The third kappa shape index (κ3) is 3.66. The highest BCUT2D eigenvalue weighted by Gasteiger charge is 2.29. The lowest BCUT2D eigenvalue weighted by Gasteiger charge is -2.15. The molecule has 0 saturated carbocycles. The Bertz CT molecular complexity index is 879. The average Bonchev–Trinajstić information content (AvgIpc) is 2.72. The number of aryl methyl sites for hydroxylation is 1. The second-order valence-corrected chi connectivity index (χ2v) is 6.02. The molecule has 0 spiro atoms. The fourth-order valence-corrected chi connectivity index (χ4v) is 2.76. The molecule has 7 nitrogen and oxygen atoms in total. The molecule has 3 rings (SSSR count). The van der Waals surface area contributed by atoms with Crippen LogP contribution in [0.4, 0.5) is 11.4 Å². The molecule has 7 heteroatoms. The van der Waals surface area contributed by atoms with E-state index in [2.05, 4.69) is 16.0 Å². The van der Waals surface area contributed by atoms with Gasteiger partial charge < -0.3 is 20.7 Å². The van der Waals surface area contributed by atoms with Gasteiger partial charge in [-0.25, -0.2) is 0 Å². The minimum absolute atomic E-state index is 0.192. The third-order valence-electron chi connectivity index (χ3n) is 4.07. The van der Waals surface area contributed by atoms with Crippen molar-refractivity contribution in [3.63, 3.8) is 0 Å². The van der Waals surface area contributed by atoms with Gasteiger partial charge in [-0.15, -0.1) is 0 Å². The number of para-hydroxylation sites is 1. The van der Waals surface area contributed by atoms with Gasteiger partial charge in [0.2, 0.25) is 11.8 Å². The van der Waals surface area contributed by atoms with E-state index in [1.54, 1.807) is 36.4 Å². The Morgan fingerprint density at radius 2 is 1.96 bits per heavy atom. The van der Waals surface area contributed by atoms with Crippen molar-refractivity contribution in [3.05, 3.63) is 53.6 Å². The first kappa shape index (κ1) is 17.5. The first-order valence-corrected chi connectivity index (χ1v) is 8.13. The molecular weight excluding hydrogens is 334 g/mol. The summed E-state index contributed by atoms with van der Waals surface area (Å²) in [5, 5.41) is 8.01. The van der Waals surface area contributed by atoms with Crippen LogP contribution in [0.3, 0.4) is 0 Å². The van der Waals surface area contributed by atoms with Gasteiger partial charge in [-0.2, -0.15) is 0 Å². The largest absolute Gasteiger partial charge is 0.495 e. The summed E-state index contributed by atoms with van der Waals surface area (Å²) in [6.07, 6.45) is -0.192. The Balaban J connectivity index is 1.73. The van der Waals surface area contributed by atoms with E-state index in [4.69, 9.17) is 4.74 Å². The molecule has 1 unspecified atom stereocenters. The number of carbonyl (C=O) groups is 3. The normalized spacial score (nSPS) is 16.0. The number of amides is 3. The molecule has 0 fully saturated rings. The molecule has 2 aromatic carbocycles. The number of hydrogen-bond acceptors (Lipinski definition) is 4. The van der Waals surface area contributed by atoms with Gasteiger partial charge in [-0.05, 0) is 36.8 Å². The van der Waals surface area contributed by atoms with Crippen molar-refractivity contribution in [2.45, 2.75) is 19.4 Å². The summed E-state index contributed by atoms with van der Waals surface area (Å²) in [7, 11) is 1.51. The van der Waals surface area contributed by atoms with E-state index in [1.807, 2.05) is 13.0 Å². The van der Waals surface area contributed by atoms with Crippen LogP contribution >= 0.6 is 0 Å². The predicted octanol–water partition coefficient (Wildman–Crippen LogP) is 2.08. The van der Waals surface area contributed by atoms with Crippen LogP contribution in [0.5, 0.6) is 5.75 Å². The first-order chi connectivity index (χ1) is 12.5. The van der Waals surface area contributed by atoms with Crippen molar-refractivity contribution >= 4 is 29.1 Å². The first-order valence-electron chi connectivity index (χ1n) is 8.13. The summed E-state index contributed by atoms with van der Waals surface area (Å²) in [4.78, 5) is 37.0. The molecule has 1 aliphatic heterocycles. The standard InChI is InChI=1S/C19H19N3O4/c1-11-7-8-16(26-2)14(9-11)20-17(23)10-15-19(25)21-13-6-4-3-5-12(13)18(24)22-15/h3-9,15H,10H2,1-2H3,(H,20,23)(H,21,25)(H,22,24). The molecule has 1 aliphatic rings. The molecule has 0 aliphatic carbocycles. The lowest BCUT2D eigenvalue weighted by Crippen LogP contribution is -2.43. The number of methoxy groups -OCH3 is 1. The quantitative estimate of drug-likeness (QED) is 0.784. The van der Waals surface area contributed by atoms with Gasteiger partial charge in [0, 0.05) is 0 Å². The molecule has 3 N–H and O–H groups in total. The van der Waals surface area contributed by atoms with Crippen LogP contribution in [0, 0.1) is 6.92 Å². The summed E-state index contributed by atoms with van der Waals surface area (Å²) >= 11 is 0. The molecule has 2 aromatic rings. The Hall–Kier alpha value is -3.35. The molecule has 0 bridgehead atoms. The highest BCUT2D eigenvalue weighted by Crippen LogP contribution is 2.25. The SMILES string of the molecule is COc1ccc(C)cc1NC(=O)CC1NC(=O)c2ccccc2NC1=O.